The van der Waals surface area contributed by atoms with Crippen molar-refractivity contribution in [3.63, 3.8) is 0 Å². The third kappa shape index (κ3) is 4.57. The number of aliphatic imine (C=N–C) groups is 1. The van der Waals surface area contributed by atoms with Gasteiger partial charge in [-0.15, -0.1) is 0 Å². The first-order valence-electron chi connectivity index (χ1n) is 13.0. The molecule has 2 heterocycles. The Labute approximate surface area is 219 Å². The predicted molar refractivity (Wildman–Crippen MR) is 152 cm³/mol. The lowest BCUT2D eigenvalue weighted by atomic mass is 9.85. The molecule has 1 aromatic heterocycles. The van der Waals surface area contributed by atoms with Crippen LogP contribution in [0.1, 0.15) is 60.7 Å². The quantitative estimate of drug-likeness (QED) is 0.344. The van der Waals surface area contributed by atoms with E-state index in [1.807, 2.05) is 35.2 Å². The lowest BCUT2D eigenvalue weighted by molar-refractivity contribution is -0.124. The van der Waals surface area contributed by atoms with Gasteiger partial charge in [0.25, 0.3) is 5.91 Å². The Kier molecular flexibility index (Phi) is 6.94. The van der Waals surface area contributed by atoms with Gasteiger partial charge in [-0.1, -0.05) is 50.1 Å². The van der Waals surface area contributed by atoms with Gasteiger partial charge in [0.05, 0.1) is 10.6 Å². The van der Waals surface area contributed by atoms with Crippen molar-refractivity contribution in [3.05, 3.63) is 87.6 Å². The normalized spacial score (nSPS) is 22.7. The average Bonchev–Trinajstić information content (AvgIpc) is 3.31. The van der Waals surface area contributed by atoms with Crippen LogP contribution in [0.3, 0.4) is 0 Å². The summed E-state index contributed by atoms with van der Waals surface area (Å²) in [4.78, 5) is 21.6. The van der Waals surface area contributed by atoms with Crippen LogP contribution in [0.4, 0.5) is 5.69 Å². The summed E-state index contributed by atoms with van der Waals surface area (Å²) in [7, 11) is 0. The molecular weight excluding hydrogens is 462 g/mol. The monoisotopic (exact) mass is 497 g/mol. The van der Waals surface area contributed by atoms with Crippen LogP contribution in [0, 0.1) is 33.6 Å². The maximum atomic E-state index is 13.9. The van der Waals surface area contributed by atoms with Crippen molar-refractivity contribution >= 4 is 34.6 Å². The van der Waals surface area contributed by atoms with E-state index in [9.17, 15) is 4.79 Å². The number of aryl methyl sites for hydroxylation is 2. The molecule has 0 bridgehead atoms. The molecule has 36 heavy (non-hydrogen) atoms. The summed E-state index contributed by atoms with van der Waals surface area (Å²) in [5.74, 6) is 0.558. The zero-order chi connectivity index (χ0) is 25.4. The van der Waals surface area contributed by atoms with Crippen molar-refractivity contribution in [1.82, 2.24) is 9.47 Å². The van der Waals surface area contributed by atoms with E-state index >= 15 is 0 Å². The summed E-state index contributed by atoms with van der Waals surface area (Å²) in [6.07, 6.45) is 6.68. The highest BCUT2D eigenvalue weighted by Crippen LogP contribution is 2.40. The maximum absolute atomic E-state index is 13.9. The van der Waals surface area contributed by atoms with Crippen LogP contribution in [0.5, 0.6) is 0 Å². The largest absolute Gasteiger partial charge is 0.318 e. The fourth-order valence-electron chi connectivity index (χ4n) is 5.57. The molecule has 4 nitrogen and oxygen atoms in total. The van der Waals surface area contributed by atoms with Gasteiger partial charge in [-0.25, -0.2) is 4.99 Å². The van der Waals surface area contributed by atoms with Crippen molar-refractivity contribution < 1.29 is 4.79 Å². The Morgan fingerprint density at radius 3 is 2.47 bits per heavy atom. The van der Waals surface area contributed by atoms with E-state index < -0.39 is 0 Å². The minimum absolute atomic E-state index is 0.0879. The predicted octanol–water partition coefficient (Wildman–Crippen LogP) is 7.89. The van der Waals surface area contributed by atoms with E-state index in [1.54, 1.807) is 0 Å². The summed E-state index contributed by atoms with van der Waals surface area (Å²) in [6.45, 7) is 10.9. The number of rotatable bonds is 4. The lowest BCUT2D eigenvalue weighted by Crippen LogP contribution is -2.44. The summed E-state index contributed by atoms with van der Waals surface area (Å²) in [6, 6.07) is 18.8. The first-order chi connectivity index (χ1) is 17.3. The molecule has 5 heteroatoms. The fraction of sp³-hybridized carbons (Fsp3) is 0.355. The molecule has 1 amide bonds. The van der Waals surface area contributed by atoms with Crippen LogP contribution in [0.25, 0.3) is 11.8 Å². The molecule has 5 rings (SSSR count). The van der Waals surface area contributed by atoms with Gasteiger partial charge in [0.2, 0.25) is 0 Å². The van der Waals surface area contributed by atoms with E-state index in [-0.39, 0.29) is 11.9 Å². The van der Waals surface area contributed by atoms with Crippen LogP contribution >= 0.6 is 11.8 Å². The van der Waals surface area contributed by atoms with Crippen LogP contribution in [-0.4, -0.2) is 26.6 Å². The molecule has 1 aliphatic heterocycles. The number of hydrogen-bond donors (Lipinski definition) is 0. The van der Waals surface area contributed by atoms with Gasteiger partial charge in [-0.05, 0) is 105 Å². The Morgan fingerprint density at radius 1 is 0.972 bits per heavy atom. The molecule has 3 aromatic rings. The second-order valence-electron chi connectivity index (χ2n) is 10.2. The molecule has 1 saturated carbocycles. The summed E-state index contributed by atoms with van der Waals surface area (Å²) < 4.78 is 2.30. The van der Waals surface area contributed by atoms with Gasteiger partial charge in [-0.2, -0.15) is 0 Å². The SMILES string of the molecule is Cc1cccc(-n2c(C)cc(/C=C3\SC(=Nc4ccccc4)N([C@@H]4CCCC[C@@H]4C)C3=O)c2C)c1C. The molecule has 0 unspecified atom stereocenters. The van der Waals surface area contributed by atoms with E-state index in [0.29, 0.717) is 5.92 Å². The van der Waals surface area contributed by atoms with E-state index in [0.717, 1.165) is 46.3 Å². The van der Waals surface area contributed by atoms with Crippen molar-refractivity contribution in [2.75, 3.05) is 0 Å². The fourth-order valence-corrected chi connectivity index (χ4v) is 6.61. The molecule has 0 spiro atoms. The number of nitrogens with zero attached hydrogens (tertiary/aromatic N) is 3. The molecule has 0 radical (unpaired) electrons. The lowest BCUT2D eigenvalue weighted by Gasteiger charge is -2.35. The van der Waals surface area contributed by atoms with Crippen LogP contribution < -0.4 is 0 Å². The molecule has 1 aliphatic carbocycles. The van der Waals surface area contributed by atoms with Crippen LogP contribution in [-0.2, 0) is 4.79 Å². The van der Waals surface area contributed by atoms with Gasteiger partial charge < -0.3 is 4.57 Å². The number of amides is 1. The minimum atomic E-state index is 0.0879. The highest BCUT2D eigenvalue weighted by Gasteiger charge is 2.41. The summed E-state index contributed by atoms with van der Waals surface area (Å²) in [5.41, 5.74) is 8.04. The molecule has 2 fully saturated rings. The van der Waals surface area contributed by atoms with Gasteiger partial charge in [0.1, 0.15) is 0 Å². The highest BCUT2D eigenvalue weighted by molar-refractivity contribution is 8.18. The number of benzene rings is 2. The van der Waals surface area contributed by atoms with Crippen LogP contribution in [0.2, 0.25) is 0 Å². The van der Waals surface area contributed by atoms with E-state index in [4.69, 9.17) is 4.99 Å². The Bertz CT molecular complexity index is 1350. The smallest absolute Gasteiger partial charge is 0.267 e. The zero-order valence-electron chi connectivity index (χ0n) is 21.9. The van der Waals surface area contributed by atoms with Crippen molar-refractivity contribution in [2.24, 2.45) is 10.9 Å². The molecule has 1 saturated heterocycles. The number of carbonyl (C=O) groups is 1. The Balaban J connectivity index is 1.55. The van der Waals surface area contributed by atoms with Crippen molar-refractivity contribution in [2.45, 2.75) is 66.3 Å². The third-order valence-corrected chi connectivity index (χ3v) is 8.77. The van der Waals surface area contributed by atoms with Gasteiger partial charge >= 0.3 is 0 Å². The van der Waals surface area contributed by atoms with Crippen molar-refractivity contribution in [1.29, 1.82) is 0 Å². The van der Waals surface area contributed by atoms with Gasteiger partial charge in [0.15, 0.2) is 5.17 Å². The first kappa shape index (κ1) is 24.6. The molecule has 2 atom stereocenters. The second kappa shape index (κ2) is 10.1. The molecule has 2 aliphatic rings. The number of hydrogen-bond acceptors (Lipinski definition) is 3. The third-order valence-electron chi connectivity index (χ3n) is 7.79. The number of carbonyl (C=O) groups excluding carboxylic acids is 1. The van der Waals surface area contributed by atoms with Gasteiger partial charge in [-0.3, -0.25) is 9.69 Å². The molecule has 186 valence electrons. The number of aromatic nitrogens is 1. The number of thioether (sulfide) groups is 1. The van der Waals surface area contributed by atoms with E-state index in [1.165, 1.54) is 40.7 Å². The maximum Gasteiger partial charge on any atom is 0.267 e. The van der Waals surface area contributed by atoms with Crippen LogP contribution in [0.15, 0.2) is 64.5 Å². The summed E-state index contributed by atoms with van der Waals surface area (Å²) in [5, 5.41) is 0.805. The van der Waals surface area contributed by atoms with Crippen molar-refractivity contribution in [3.8, 4) is 5.69 Å². The first-order valence-corrected chi connectivity index (χ1v) is 13.8. The average molecular weight is 498 g/mol. The summed E-state index contributed by atoms with van der Waals surface area (Å²) >= 11 is 1.52. The Morgan fingerprint density at radius 2 is 1.72 bits per heavy atom. The highest BCUT2D eigenvalue weighted by atomic mass is 32.2. The standard InChI is InChI=1S/C31H35N3OS/c1-20-13-11-17-28(23(20)4)33-22(3)18-25(24(33)5)19-29-30(35)34(27-16-10-9-12-21(27)2)31(36-29)32-26-14-7-6-8-15-26/h6-8,11,13-15,17-19,21,27H,9-10,12,16H2,1-5H3/b29-19-,32-31?/t21-,27+/m0/s1. The van der Waals surface area contributed by atoms with Gasteiger partial charge in [0, 0.05) is 23.1 Å². The zero-order valence-corrected chi connectivity index (χ0v) is 22.7. The van der Waals surface area contributed by atoms with E-state index in [2.05, 4.69) is 69.5 Å². The number of para-hydroxylation sites is 1. The molecular formula is C31H35N3OS. The molecule has 0 N–H and O–H groups in total. The minimum Gasteiger partial charge on any atom is -0.318 e. The molecule has 2 aromatic carbocycles. The second-order valence-corrected chi connectivity index (χ2v) is 11.2. The topological polar surface area (TPSA) is 37.6 Å². The Hall–Kier alpha value is -3.05. The number of amidine groups is 1.